The lowest BCUT2D eigenvalue weighted by molar-refractivity contribution is -0.149. The normalized spacial score (nSPS) is 27.6. The molecular formula is C12H24N2O2. The Kier molecular flexibility index (Phi) is 4.33. The van der Waals surface area contributed by atoms with Crippen LogP contribution in [0.4, 0.5) is 0 Å². The van der Waals surface area contributed by atoms with Crippen molar-refractivity contribution in [2.24, 2.45) is 17.6 Å². The largest absolute Gasteiger partial charge is 0.465 e. The smallest absolute Gasteiger partial charge is 0.327 e. The van der Waals surface area contributed by atoms with E-state index < -0.39 is 5.54 Å². The maximum Gasteiger partial charge on any atom is 0.327 e. The second-order valence-corrected chi connectivity index (χ2v) is 5.31. The molecule has 3 unspecified atom stereocenters. The summed E-state index contributed by atoms with van der Waals surface area (Å²) in [5.74, 6) is 1.29. The number of nitrogens with zero attached hydrogens (tertiary/aromatic N) is 1. The molecule has 1 aliphatic rings. The average molecular weight is 228 g/mol. The van der Waals surface area contributed by atoms with E-state index in [2.05, 4.69) is 11.8 Å². The van der Waals surface area contributed by atoms with Gasteiger partial charge in [-0.2, -0.15) is 0 Å². The maximum atomic E-state index is 11.6. The van der Waals surface area contributed by atoms with E-state index in [-0.39, 0.29) is 5.97 Å². The van der Waals surface area contributed by atoms with Crippen LogP contribution in [0.5, 0.6) is 0 Å². The molecule has 1 fully saturated rings. The summed E-state index contributed by atoms with van der Waals surface area (Å²) >= 11 is 0. The van der Waals surface area contributed by atoms with Crippen molar-refractivity contribution in [1.29, 1.82) is 0 Å². The quantitative estimate of drug-likeness (QED) is 0.685. The van der Waals surface area contributed by atoms with Crippen molar-refractivity contribution in [3.8, 4) is 0 Å². The zero-order chi connectivity index (χ0) is 12.3. The summed E-state index contributed by atoms with van der Waals surface area (Å²) in [6.45, 7) is 7.74. The molecule has 3 atom stereocenters. The Bertz CT molecular complexity index is 253. The fraction of sp³-hybridized carbons (Fsp3) is 0.917. The third-order valence-electron chi connectivity index (χ3n) is 3.16. The standard InChI is InChI=1S/C12H24N2O2/c1-5-16-11(15)12(3,13)8-14(4)7-10-6-9(10)2/h9-10H,5-8,13H2,1-4H3. The molecule has 4 nitrogen and oxygen atoms in total. The van der Waals surface area contributed by atoms with Crippen molar-refractivity contribution in [3.05, 3.63) is 0 Å². The summed E-state index contributed by atoms with van der Waals surface area (Å²) in [5.41, 5.74) is 5.06. The number of nitrogens with two attached hydrogens (primary N) is 1. The van der Waals surface area contributed by atoms with E-state index in [1.165, 1.54) is 6.42 Å². The lowest BCUT2D eigenvalue weighted by Gasteiger charge is -2.28. The van der Waals surface area contributed by atoms with Gasteiger partial charge >= 0.3 is 5.97 Å². The highest BCUT2D eigenvalue weighted by Gasteiger charge is 2.36. The van der Waals surface area contributed by atoms with Crippen LogP contribution < -0.4 is 5.73 Å². The number of hydrogen-bond acceptors (Lipinski definition) is 4. The molecule has 1 saturated carbocycles. The molecule has 16 heavy (non-hydrogen) atoms. The first kappa shape index (κ1) is 13.5. The summed E-state index contributed by atoms with van der Waals surface area (Å²) in [4.78, 5) is 13.7. The molecule has 4 heteroatoms. The topological polar surface area (TPSA) is 55.6 Å². The van der Waals surface area contributed by atoms with Gasteiger partial charge in [-0.15, -0.1) is 0 Å². The molecule has 1 aliphatic carbocycles. The van der Waals surface area contributed by atoms with Gasteiger partial charge in [0.1, 0.15) is 5.54 Å². The number of carbonyl (C=O) groups is 1. The average Bonchev–Trinajstić information content (AvgIpc) is 2.80. The summed E-state index contributed by atoms with van der Waals surface area (Å²) in [6.07, 6.45) is 1.30. The molecule has 0 aromatic heterocycles. The molecule has 0 spiro atoms. The Morgan fingerprint density at radius 2 is 2.19 bits per heavy atom. The molecule has 0 aliphatic heterocycles. The Hall–Kier alpha value is -0.610. The SMILES string of the molecule is CCOC(=O)C(C)(N)CN(C)CC1CC1C. The molecule has 0 heterocycles. The summed E-state index contributed by atoms with van der Waals surface area (Å²) in [6, 6.07) is 0. The van der Waals surface area contributed by atoms with Crippen molar-refractivity contribution < 1.29 is 9.53 Å². The number of ether oxygens (including phenoxy) is 1. The van der Waals surface area contributed by atoms with Gasteiger partial charge in [0.2, 0.25) is 0 Å². The first-order valence-corrected chi connectivity index (χ1v) is 6.01. The van der Waals surface area contributed by atoms with E-state index in [0.29, 0.717) is 13.2 Å². The number of rotatable bonds is 6. The Morgan fingerprint density at radius 1 is 1.62 bits per heavy atom. The highest BCUT2D eigenvalue weighted by atomic mass is 16.5. The van der Waals surface area contributed by atoms with Crippen molar-refractivity contribution in [2.45, 2.75) is 32.7 Å². The maximum absolute atomic E-state index is 11.6. The van der Waals surface area contributed by atoms with Gasteiger partial charge in [-0.1, -0.05) is 6.92 Å². The molecule has 0 aromatic rings. The molecule has 0 aromatic carbocycles. The highest BCUT2D eigenvalue weighted by Crippen LogP contribution is 2.38. The summed E-state index contributed by atoms with van der Waals surface area (Å²) in [7, 11) is 2.01. The van der Waals surface area contributed by atoms with Crippen LogP contribution in [0, 0.1) is 11.8 Å². The monoisotopic (exact) mass is 228 g/mol. The minimum atomic E-state index is -0.900. The summed E-state index contributed by atoms with van der Waals surface area (Å²) in [5, 5.41) is 0. The number of likely N-dealkylation sites (N-methyl/N-ethyl adjacent to an activating group) is 1. The zero-order valence-corrected chi connectivity index (χ0v) is 10.8. The molecule has 2 N–H and O–H groups in total. The minimum Gasteiger partial charge on any atom is -0.465 e. The van der Waals surface area contributed by atoms with Gasteiger partial charge in [-0.05, 0) is 39.2 Å². The molecule has 0 amide bonds. The molecular weight excluding hydrogens is 204 g/mol. The molecule has 1 rings (SSSR count). The molecule has 94 valence electrons. The van der Waals surface area contributed by atoms with E-state index in [9.17, 15) is 4.79 Å². The molecule has 0 radical (unpaired) electrons. The first-order valence-electron chi connectivity index (χ1n) is 6.01. The van der Waals surface area contributed by atoms with Crippen LogP contribution in [-0.2, 0) is 9.53 Å². The van der Waals surface area contributed by atoms with Gasteiger partial charge in [0, 0.05) is 13.1 Å². The fourth-order valence-corrected chi connectivity index (χ4v) is 2.04. The predicted molar refractivity (Wildman–Crippen MR) is 64.0 cm³/mol. The van der Waals surface area contributed by atoms with Crippen molar-refractivity contribution >= 4 is 5.97 Å². The van der Waals surface area contributed by atoms with Crippen LogP contribution in [0.3, 0.4) is 0 Å². The van der Waals surface area contributed by atoms with Gasteiger partial charge in [-0.25, -0.2) is 0 Å². The van der Waals surface area contributed by atoms with Gasteiger partial charge in [-0.3, -0.25) is 4.79 Å². The van der Waals surface area contributed by atoms with Crippen LogP contribution in [0.2, 0.25) is 0 Å². The van der Waals surface area contributed by atoms with Gasteiger partial charge in [0.05, 0.1) is 6.61 Å². The molecule has 0 bridgehead atoms. The van der Waals surface area contributed by atoms with Crippen molar-refractivity contribution in [2.75, 3.05) is 26.7 Å². The number of esters is 1. The minimum absolute atomic E-state index is 0.314. The Labute approximate surface area is 98.1 Å². The van der Waals surface area contributed by atoms with E-state index in [1.54, 1.807) is 13.8 Å². The van der Waals surface area contributed by atoms with Gasteiger partial charge < -0.3 is 15.4 Å². The van der Waals surface area contributed by atoms with Crippen molar-refractivity contribution in [3.63, 3.8) is 0 Å². The van der Waals surface area contributed by atoms with E-state index in [0.717, 1.165) is 18.4 Å². The van der Waals surface area contributed by atoms with Crippen LogP contribution in [0.25, 0.3) is 0 Å². The van der Waals surface area contributed by atoms with Crippen molar-refractivity contribution in [1.82, 2.24) is 4.90 Å². The third-order valence-corrected chi connectivity index (χ3v) is 3.16. The lowest BCUT2D eigenvalue weighted by Crippen LogP contribution is -2.54. The summed E-state index contributed by atoms with van der Waals surface area (Å²) < 4.78 is 4.96. The Morgan fingerprint density at radius 3 is 2.62 bits per heavy atom. The molecule has 0 saturated heterocycles. The van der Waals surface area contributed by atoms with Gasteiger partial charge in [0.15, 0.2) is 0 Å². The van der Waals surface area contributed by atoms with Crippen LogP contribution in [0.1, 0.15) is 27.2 Å². The first-order chi connectivity index (χ1) is 7.36. The van der Waals surface area contributed by atoms with E-state index in [1.807, 2.05) is 7.05 Å². The third kappa shape index (κ3) is 3.76. The van der Waals surface area contributed by atoms with E-state index in [4.69, 9.17) is 10.5 Å². The second-order valence-electron chi connectivity index (χ2n) is 5.31. The van der Waals surface area contributed by atoms with Gasteiger partial charge in [0.25, 0.3) is 0 Å². The number of carbonyl (C=O) groups excluding carboxylic acids is 1. The highest BCUT2D eigenvalue weighted by molar-refractivity contribution is 5.80. The Balaban J connectivity index is 2.35. The predicted octanol–water partition coefficient (Wildman–Crippen LogP) is 0.855. The van der Waals surface area contributed by atoms with Crippen LogP contribution in [-0.4, -0.2) is 43.2 Å². The van der Waals surface area contributed by atoms with Crippen LogP contribution in [0.15, 0.2) is 0 Å². The second kappa shape index (κ2) is 5.15. The van der Waals surface area contributed by atoms with E-state index >= 15 is 0 Å². The fourth-order valence-electron chi connectivity index (χ4n) is 2.04. The lowest BCUT2D eigenvalue weighted by atomic mass is 10.0. The van der Waals surface area contributed by atoms with Crippen LogP contribution >= 0.6 is 0 Å². The zero-order valence-electron chi connectivity index (χ0n) is 10.8. The number of hydrogen-bond donors (Lipinski definition) is 1.